The molecule has 0 aromatic carbocycles. The van der Waals surface area contributed by atoms with E-state index in [4.69, 9.17) is 37.6 Å². The summed E-state index contributed by atoms with van der Waals surface area (Å²) < 4.78 is 48.6. The molecule has 1 aliphatic heterocycles. The molecule has 2 heterocycles. The van der Waals surface area contributed by atoms with Gasteiger partial charge in [0.05, 0.1) is 25.7 Å². The number of epoxide rings is 1. The molecule has 1 aromatic heterocycles. The number of hydrogen-bond donors (Lipinski definition) is 0. The van der Waals surface area contributed by atoms with E-state index in [2.05, 4.69) is 0 Å². The lowest BCUT2D eigenvalue weighted by atomic mass is 9.33. The number of hydrogen-bond acceptors (Lipinski definition) is 14. The van der Waals surface area contributed by atoms with Crippen molar-refractivity contribution in [3.05, 3.63) is 24.2 Å². The Balaban J connectivity index is 1.70. The molecule has 0 unspecified atom stereocenters. The first-order valence-electron chi connectivity index (χ1n) is 17.4. The molecular formula is C37H48O14. The molecular weight excluding hydrogens is 668 g/mol. The Kier molecular flexibility index (Phi) is 8.71. The fraction of sp³-hybridized carbons (Fsp3) is 0.730. The molecule has 0 radical (unpaired) electrons. The summed E-state index contributed by atoms with van der Waals surface area (Å²) >= 11 is 0. The number of esters is 6. The van der Waals surface area contributed by atoms with Crippen molar-refractivity contribution in [3.8, 4) is 0 Å². The summed E-state index contributed by atoms with van der Waals surface area (Å²) in [5.74, 6) is -6.05. The van der Waals surface area contributed by atoms with Crippen molar-refractivity contribution in [3.63, 3.8) is 0 Å². The van der Waals surface area contributed by atoms with Gasteiger partial charge in [-0.1, -0.05) is 20.8 Å². The molecule has 0 amide bonds. The monoisotopic (exact) mass is 716 g/mol. The van der Waals surface area contributed by atoms with Gasteiger partial charge in [0.25, 0.3) is 0 Å². The Labute approximate surface area is 296 Å². The highest BCUT2D eigenvalue weighted by atomic mass is 16.6. The zero-order valence-corrected chi connectivity index (χ0v) is 30.8. The Morgan fingerprint density at radius 3 is 1.80 bits per heavy atom. The van der Waals surface area contributed by atoms with Gasteiger partial charge in [-0.25, -0.2) is 0 Å². The standard InChI is InChI=1S/C37H48O14/c1-17(38)46-25-15-26(47-18(2)39)34(7,32(43)44-10)24-14-27(48-19(3)40)36(9)30(33(24,25)6)29(49-20(4)41)31(50-21(5)42)35(8)23(22-11-12-45-16-22)13-28-37(35,36)51-28/h11-12,16,23-31H,13-15H2,1-10H3/t23-,24+,25-,26+,27+,28+,29+,30+,31-,33+,34-,35+,36+,37+/m0/s1. The summed E-state index contributed by atoms with van der Waals surface area (Å²) in [7, 11) is 1.23. The summed E-state index contributed by atoms with van der Waals surface area (Å²) in [6.07, 6.45) is -2.35. The van der Waals surface area contributed by atoms with Crippen LogP contribution in [-0.2, 0) is 61.9 Å². The fourth-order valence-electron chi connectivity index (χ4n) is 12.0. The number of rotatable bonds is 7. The molecule has 6 rings (SSSR count). The van der Waals surface area contributed by atoms with Crippen molar-refractivity contribution in [2.24, 2.45) is 33.5 Å². The van der Waals surface area contributed by atoms with Gasteiger partial charge in [-0.3, -0.25) is 28.8 Å². The minimum absolute atomic E-state index is 0.0273. The summed E-state index contributed by atoms with van der Waals surface area (Å²) in [4.78, 5) is 79.0. The van der Waals surface area contributed by atoms with Crippen LogP contribution in [0, 0.1) is 33.5 Å². The van der Waals surface area contributed by atoms with Crippen LogP contribution in [0.15, 0.2) is 23.0 Å². The molecule has 4 saturated carbocycles. The highest BCUT2D eigenvalue weighted by Crippen LogP contribution is 2.83. The molecule has 14 heteroatoms. The molecule has 51 heavy (non-hydrogen) atoms. The molecule has 4 aliphatic carbocycles. The van der Waals surface area contributed by atoms with Crippen LogP contribution in [0.25, 0.3) is 0 Å². The van der Waals surface area contributed by atoms with E-state index in [-0.39, 0.29) is 18.8 Å². The lowest BCUT2D eigenvalue weighted by Crippen LogP contribution is -2.81. The molecule has 1 aromatic rings. The lowest BCUT2D eigenvalue weighted by molar-refractivity contribution is -0.330. The largest absolute Gasteiger partial charge is 0.472 e. The lowest BCUT2D eigenvalue weighted by Gasteiger charge is -2.72. The first-order chi connectivity index (χ1) is 23.8. The molecule has 5 aliphatic rings. The van der Waals surface area contributed by atoms with Gasteiger partial charge in [0, 0.05) is 69.1 Å². The second-order valence-corrected chi connectivity index (χ2v) is 15.8. The van der Waals surface area contributed by atoms with Crippen molar-refractivity contribution < 1.29 is 66.3 Å². The van der Waals surface area contributed by atoms with Crippen molar-refractivity contribution in [2.75, 3.05) is 7.11 Å². The smallest absolute Gasteiger partial charge is 0.315 e. The molecule has 1 spiro atoms. The molecule has 14 atom stereocenters. The number of methoxy groups -OCH3 is 1. The van der Waals surface area contributed by atoms with Crippen LogP contribution in [0.3, 0.4) is 0 Å². The molecule has 0 bridgehead atoms. The van der Waals surface area contributed by atoms with Gasteiger partial charge >= 0.3 is 35.8 Å². The number of carbonyl (C=O) groups is 6. The third-order valence-corrected chi connectivity index (χ3v) is 13.5. The number of ether oxygens (including phenoxy) is 7. The molecule has 1 saturated heterocycles. The van der Waals surface area contributed by atoms with Crippen LogP contribution in [0.2, 0.25) is 0 Å². The topological polar surface area (TPSA) is 183 Å². The zero-order chi connectivity index (χ0) is 37.6. The van der Waals surface area contributed by atoms with Crippen LogP contribution >= 0.6 is 0 Å². The Morgan fingerprint density at radius 2 is 1.27 bits per heavy atom. The first kappa shape index (κ1) is 36.8. The average Bonchev–Trinajstić information content (AvgIpc) is 3.38. The van der Waals surface area contributed by atoms with Gasteiger partial charge in [-0.05, 0) is 37.3 Å². The van der Waals surface area contributed by atoms with E-state index in [1.165, 1.54) is 41.7 Å². The Bertz CT molecular complexity index is 1640. The van der Waals surface area contributed by atoms with Crippen molar-refractivity contribution in [1.82, 2.24) is 0 Å². The van der Waals surface area contributed by atoms with Gasteiger partial charge in [0.2, 0.25) is 0 Å². The van der Waals surface area contributed by atoms with Gasteiger partial charge < -0.3 is 37.6 Å². The normalized spacial score (nSPS) is 44.6. The maximum Gasteiger partial charge on any atom is 0.315 e. The predicted molar refractivity (Wildman–Crippen MR) is 172 cm³/mol. The Morgan fingerprint density at radius 1 is 0.706 bits per heavy atom. The van der Waals surface area contributed by atoms with Gasteiger partial charge in [0.15, 0.2) is 0 Å². The highest BCUT2D eigenvalue weighted by Gasteiger charge is 2.93. The van der Waals surface area contributed by atoms with Crippen molar-refractivity contribution in [1.29, 1.82) is 0 Å². The van der Waals surface area contributed by atoms with E-state index in [1.54, 1.807) is 19.5 Å². The van der Waals surface area contributed by atoms with Gasteiger partial charge in [-0.15, -0.1) is 0 Å². The van der Waals surface area contributed by atoms with E-state index < -0.39 is 112 Å². The molecule has 14 nitrogen and oxygen atoms in total. The number of fused-ring (bicyclic) bond motifs is 3. The van der Waals surface area contributed by atoms with Gasteiger partial charge in [-0.2, -0.15) is 0 Å². The number of furan rings is 1. The second-order valence-electron chi connectivity index (χ2n) is 15.8. The SMILES string of the molecule is COC(=O)[C@]1(C)[C@H](OC(C)=O)C[C@H](OC(C)=O)[C@]2(C)[C@H]3[C@@H](OC(C)=O)[C@H](OC(C)=O)[C@@]4(C)[C@H](c5ccoc5)C[C@H]5O[C@]54[C@]3(C)[C@H](OC(C)=O)C[C@@H]12. The molecule has 280 valence electrons. The summed E-state index contributed by atoms with van der Waals surface area (Å²) in [6, 6.07) is 1.84. The summed E-state index contributed by atoms with van der Waals surface area (Å²) in [5, 5.41) is 0. The van der Waals surface area contributed by atoms with Crippen LogP contribution in [0.4, 0.5) is 0 Å². The Hall–Kier alpha value is -3.94. The third-order valence-electron chi connectivity index (χ3n) is 13.5. The maximum atomic E-state index is 14.1. The van der Waals surface area contributed by atoms with Crippen molar-refractivity contribution >= 4 is 35.8 Å². The quantitative estimate of drug-likeness (QED) is 0.225. The van der Waals surface area contributed by atoms with E-state index >= 15 is 0 Å². The average molecular weight is 717 g/mol. The van der Waals surface area contributed by atoms with Crippen LogP contribution in [0.5, 0.6) is 0 Å². The summed E-state index contributed by atoms with van der Waals surface area (Å²) in [5.41, 5.74) is -5.52. The van der Waals surface area contributed by atoms with E-state index in [0.717, 1.165) is 5.56 Å². The first-order valence-corrected chi connectivity index (χ1v) is 17.4. The zero-order valence-electron chi connectivity index (χ0n) is 30.8. The summed E-state index contributed by atoms with van der Waals surface area (Å²) in [6.45, 7) is 13.6. The van der Waals surface area contributed by atoms with E-state index in [1.807, 2.05) is 26.8 Å². The molecule has 5 fully saturated rings. The fourth-order valence-corrected chi connectivity index (χ4v) is 12.0. The number of carbonyl (C=O) groups excluding carboxylic acids is 6. The third kappa shape index (κ3) is 4.83. The highest BCUT2D eigenvalue weighted by molar-refractivity contribution is 5.79. The van der Waals surface area contributed by atoms with Gasteiger partial charge in [0.1, 0.15) is 41.5 Å². The van der Waals surface area contributed by atoms with Crippen LogP contribution in [-0.4, -0.2) is 85.2 Å². The molecule has 0 N–H and O–H groups in total. The van der Waals surface area contributed by atoms with E-state index in [0.29, 0.717) is 6.42 Å². The minimum atomic E-state index is -1.58. The minimum Gasteiger partial charge on any atom is -0.472 e. The second kappa shape index (κ2) is 12.1. The van der Waals surface area contributed by atoms with E-state index in [9.17, 15) is 28.8 Å². The predicted octanol–water partition coefficient (Wildman–Crippen LogP) is 3.81. The van der Waals surface area contributed by atoms with Crippen LogP contribution in [0.1, 0.15) is 93.1 Å². The maximum absolute atomic E-state index is 14.1. The van der Waals surface area contributed by atoms with Crippen molar-refractivity contribution in [2.45, 2.75) is 130 Å². The van der Waals surface area contributed by atoms with Crippen LogP contribution < -0.4 is 0 Å².